The summed E-state index contributed by atoms with van der Waals surface area (Å²) in [5.41, 5.74) is 7.52. The van der Waals surface area contributed by atoms with E-state index >= 15 is 0 Å². The minimum absolute atomic E-state index is 0.188. The number of halogens is 3. The molecule has 1 aromatic rings. The molecule has 84 valence electrons. The summed E-state index contributed by atoms with van der Waals surface area (Å²) in [5, 5.41) is 0. The number of hydrogen-bond donors (Lipinski definition) is 1. The van der Waals surface area contributed by atoms with Gasteiger partial charge in [-0.15, -0.1) is 0 Å². The molecule has 0 aliphatic carbocycles. The summed E-state index contributed by atoms with van der Waals surface area (Å²) in [4.78, 5) is 0. The second-order valence-electron chi connectivity index (χ2n) is 3.83. The Labute approximate surface area is 87.1 Å². The highest BCUT2D eigenvalue weighted by Crippen LogP contribution is 2.34. The SMILES string of the molecule is Cc1cc(C)c([C@@H](N)C(F)(F)F)c(C)c1. The molecular formula is C11H14F3N. The lowest BCUT2D eigenvalue weighted by Gasteiger charge is -2.20. The Kier molecular flexibility index (Phi) is 3.09. The summed E-state index contributed by atoms with van der Waals surface area (Å²) in [7, 11) is 0. The van der Waals surface area contributed by atoms with E-state index in [9.17, 15) is 13.2 Å². The third kappa shape index (κ3) is 2.50. The summed E-state index contributed by atoms with van der Waals surface area (Å²) in [6.45, 7) is 5.16. The van der Waals surface area contributed by atoms with E-state index in [2.05, 4.69) is 0 Å². The van der Waals surface area contributed by atoms with Crippen molar-refractivity contribution >= 4 is 0 Å². The van der Waals surface area contributed by atoms with Gasteiger partial charge in [-0.2, -0.15) is 13.2 Å². The molecule has 0 aromatic heterocycles. The molecular weight excluding hydrogens is 203 g/mol. The van der Waals surface area contributed by atoms with Crippen molar-refractivity contribution in [3.8, 4) is 0 Å². The van der Waals surface area contributed by atoms with Crippen LogP contribution < -0.4 is 5.73 Å². The highest BCUT2D eigenvalue weighted by molar-refractivity contribution is 5.40. The van der Waals surface area contributed by atoms with Crippen molar-refractivity contribution in [2.75, 3.05) is 0 Å². The Morgan fingerprint density at radius 2 is 1.47 bits per heavy atom. The van der Waals surface area contributed by atoms with Gasteiger partial charge >= 0.3 is 6.18 Å². The molecule has 2 N–H and O–H groups in total. The minimum Gasteiger partial charge on any atom is -0.316 e. The predicted molar refractivity (Wildman–Crippen MR) is 53.6 cm³/mol. The molecule has 0 aliphatic heterocycles. The van der Waals surface area contributed by atoms with E-state index in [1.165, 1.54) is 0 Å². The zero-order valence-corrected chi connectivity index (χ0v) is 8.94. The van der Waals surface area contributed by atoms with Gasteiger partial charge in [0.05, 0.1) is 0 Å². The Morgan fingerprint density at radius 3 is 1.80 bits per heavy atom. The minimum atomic E-state index is -4.38. The molecule has 0 aliphatic rings. The van der Waals surface area contributed by atoms with Gasteiger partial charge in [0.25, 0.3) is 0 Å². The average molecular weight is 217 g/mol. The fraction of sp³-hybridized carbons (Fsp3) is 0.455. The molecule has 15 heavy (non-hydrogen) atoms. The molecule has 0 fully saturated rings. The molecule has 1 atom stereocenters. The molecule has 1 rings (SSSR count). The van der Waals surface area contributed by atoms with Crippen molar-refractivity contribution in [1.82, 2.24) is 0 Å². The van der Waals surface area contributed by atoms with Crippen LogP contribution in [0.5, 0.6) is 0 Å². The lowest BCUT2D eigenvalue weighted by molar-refractivity contribution is -0.149. The van der Waals surface area contributed by atoms with Gasteiger partial charge in [-0.25, -0.2) is 0 Å². The van der Waals surface area contributed by atoms with E-state index in [0.29, 0.717) is 11.1 Å². The zero-order chi connectivity index (χ0) is 11.8. The van der Waals surface area contributed by atoms with Crippen molar-refractivity contribution in [2.24, 2.45) is 5.73 Å². The second kappa shape index (κ2) is 3.85. The number of hydrogen-bond acceptors (Lipinski definition) is 1. The monoisotopic (exact) mass is 217 g/mol. The summed E-state index contributed by atoms with van der Waals surface area (Å²) < 4.78 is 37.4. The number of benzene rings is 1. The van der Waals surface area contributed by atoms with Crippen molar-refractivity contribution in [3.05, 3.63) is 34.4 Å². The van der Waals surface area contributed by atoms with Gasteiger partial charge in [-0.05, 0) is 37.5 Å². The largest absolute Gasteiger partial charge is 0.407 e. The standard InChI is InChI=1S/C11H14F3N/c1-6-4-7(2)9(8(3)5-6)10(15)11(12,13)14/h4-5,10H,15H2,1-3H3/t10-/m1/s1. The smallest absolute Gasteiger partial charge is 0.316 e. The lowest BCUT2D eigenvalue weighted by Crippen LogP contribution is -2.29. The summed E-state index contributed by atoms with van der Waals surface area (Å²) >= 11 is 0. The third-order valence-corrected chi connectivity index (χ3v) is 2.40. The lowest BCUT2D eigenvalue weighted by atomic mass is 9.94. The Hall–Kier alpha value is -1.03. The van der Waals surface area contributed by atoms with Crippen LogP contribution in [-0.2, 0) is 0 Å². The summed E-state index contributed by atoms with van der Waals surface area (Å²) in [5.74, 6) is 0. The maximum absolute atomic E-state index is 12.5. The van der Waals surface area contributed by atoms with Crippen molar-refractivity contribution in [3.63, 3.8) is 0 Å². The Bertz CT molecular complexity index is 346. The van der Waals surface area contributed by atoms with Crippen molar-refractivity contribution in [2.45, 2.75) is 33.0 Å². The predicted octanol–water partition coefficient (Wildman–Crippen LogP) is 3.17. The molecule has 0 spiro atoms. The van der Waals surface area contributed by atoms with Gasteiger partial charge < -0.3 is 5.73 Å². The molecule has 1 nitrogen and oxygen atoms in total. The first-order valence-corrected chi connectivity index (χ1v) is 4.63. The first-order valence-electron chi connectivity index (χ1n) is 4.63. The highest BCUT2D eigenvalue weighted by atomic mass is 19.4. The highest BCUT2D eigenvalue weighted by Gasteiger charge is 2.39. The van der Waals surface area contributed by atoms with Gasteiger partial charge in [0.1, 0.15) is 6.04 Å². The number of nitrogens with two attached hydrogens (primary N) is 1. The number of rotatable bonds is 1. The van der Waals surface area contributed by atoms with E-state index in [1.54, 1.807) is 26.0 Å². The van der Waals surface area contributed by atoms with Crippen LogP contribution in [0, 0.1) is 20.8 Å². The van der Waals surface area contributed by atoms with Crippen LogP contribution in [0.25, 0.3) is 0 Å². The van der Waals surface area contributed by atoms with Gasteiger partial charge in [-0.1, -0.05) is 17.7 Å². The normalized spacial score (nSPS) is 14.1. The second-order valence-corrected chi connectivity index (χ2v) is 3.83. The number of aryl methyl sites for hydroxylation is 3. The summed E-state index contributed by atoms with van der Waals surface area (Å²) in [6, 6.07) is 1.54. The van der Waals surface area contributed by atoms with Gasteiger partial charge in [0.15, 0.2) is 0 Å². The maximum atomic E-state index is 12.5. The van der Waals surface area contributed by atoms with E-state index < -0.39 is 12.2 Å². The molecule has 0 heterocycles. The molecule has 0 amide bonds. The van der Waals surface area contributed by atoms with E-state index in [4.69, 9.17) is 5.73 Å². The van der Waals surface area contributed by atoms with Crippen LogP contribution in [0.1, 0.15) is 28.3 Å². The average Bonchev–Trinajstić information content (AvgIpc) is 1.99. The summed E-state index contributed by atoms with van der Waals surface area (Å²) in [6.07, 6.45) is -4.38. The molecule has 0 radical (unpaired) electrons. The van der Waals surface area contributed by atoms with Gasteiger partial charge in [0.2, 0.25) is 0 Å². The molecule has 0 saturated heterocycles. The maximum Gasteiger partial charge on any atom is 0.407 e. The van der Waals surface area contributed by atoms with Crippen molar-refractivity contribution in [1.29, 1.82) is 0 Å². The molecule has 1 aromatic carbocycles. The van der Waals surface area contributed by atoms with E-state index in [1.807, 2.05) is 6.92 Å². The van der Waals surface area contributed by atoms with Crippen LogP contribution in [0.3, 0.4) is 0 Å². The van der Waals surface area contributed by atoms with Crippen LogP contribution in [-0.4, -0.2) is 6.18 Å². The molecule has 0 unspecified atom stereocenters. The molecule has 0 bridgehead atoms. The van der Waals surface area contributed by atoms with Gasteiger partial charge in [-0.3, -0.25) is 0 Å². The number of alkyl halides is 3. The molecule has 0 saturated carbocycles. The first kappa shape index (κ1) is 12.0. The van der Waals surface area contributed by atoms with Crippen LogP contribution in [0.4, 0.5) is 13.2 Å². The fourth-order valence-electron chi connectivity index (χ4n) is 1.85. The van der Waals surface area contributed by atoms with Crippen molar-refractivity contribution < 1.29 is 13.2 Å². The molecule has 4 heteroatoms. The van der Waals surface area contributed by atoms with E-state index in [0.717, 1.165) is 5.56 Å². The quantitative estimate of drug-likeness (QED) is 0.768. The third-order valence-electron chi connectivity index (χ3n) is 2.40. The topological polar surface area (TPSA) is 26.0 Å². The first-order chi connectivity index (χ1) is 6.73. The van der Waals surface area contributed by atoms with E-state index in [-0.39, 0.29) is 5.56 Å². The Morgan fingerprint density at radius 1 is 1.07 bits per heavy atom. The Balaban J connectivity index is 3.26. The van der Waals surface area contributed by atoms with Crippen LogP contribution in [0.15, 0.2) is 12.1 Å². The fourth-order valence-corrected chi connectivity index (χ4v) is 1.85. The zero-order valence-electron chi connectivity index (χ0n) is 8.94. The van der Waals surface area contributed by atoms with Crippen LogP contribution >= 0.6 is 0 Å². The van der Waals surface area contributed by atoms with Crippen LogP contribution in [0.2, 0.25) is 0 Å². The van der Waals surface area contributed by atoms with Gasteiger partial charge in [0, 0.05) is 0 Å².